The van der Waals surface area contributed by atoms with Crippen molar-refractivity contribution in [3.8, 4) is 0 Å². The van der Waals surface area contributed by atoms with Gasteiger partial charge < -0.3 is 5.11 Å². The SMILES string of the molecule is OC(CN(Cc1ccccn1)Cc1ccccn1)CN(Cc1ccccn1)Cc1ccccn1. The van der Waals surface area contributed by atoms with Gasteiger partial charge in [-0.25, -0.2) is 0 Å². The number of aromatic nitrogens is 4. The summed E-state index contributed by atoms with van der Waals surface area (Å²) in [6, 6.07) is 23.6. The van der Waals surface area contributed by atoms with E-state index in [1.807, 2.05) is 72.8 Å². The Hall–Kier alpha value is -3.52. The van der Waals surface area contributed by atoms with Crippen LogP contribution in [0.2, 0.25) is 0 Å². The molecule has 0 aliphatic heterocycles. The summed E-state index contributed by atoms with van der Waals surface area (Å²) >= 11 is 0. The molecular weight excluding hydrogens is 424 g/mol. The summed E-state index contributed by atoms with van der Waals surface area (Å²) in [6.07, 6.45) is 6.62. The Labute approximate surface area is 200 Å². The van der Waals surface area contributed by atoms with E-state index in [1.54, 1.807) is 24.8 Å². The summed E-state index contributed by atoms with van der Waals surface area (Å²) < 4.78 is 0. The average molecular weight is 455 g/mol. The molecule has 0 radical (unpaired) electrons. The molecular formula is C27H30N6O. The summed E-state index contributed by atoms with van der Waals surface area (Å²) in [7, 11) is 0. The van der Waals surface area contributed by atoms with Crippen LogP contribution in [0.3, 0.4) is 0 Å². The van der Waals surface area contributed by atoms with Gasteiger partial charge in [-0.1, -0.05) is 24.3 Å². The standard InChI is InChI=1S/C27H30N6O/c34-27(21-32(17-23-9-1-5-13-28-23)18-24-10-2-6-14-29-24)22-33(19-25-11-3-7-15-30-25)20-26-12-4-8-16-31-26/h1-16,27,34H,17-22H2. The molecule has 0 unspecified atom stereocenters. The Kier molecular flexibility index (Phi) is 8.79. The van der Waals surface area contributed by atoms with E-state index in [0.717, 1.165) is 22.8 Å². The lowest BCUT2D eigenvalue weighted by Crippen LogP contribution is -2.40. The molecule has 0 fully saturated rings. The molecule has 0 bridgehead atoms. The zero-order valence-electron chi connectivity index (χ0n) is 19.2. The largest absolute Gasteiger partial charge is 0.390 e. The van der Waals surface area contributed by atoms with Gasteiger partial charge in [0.25, 0.3) is 0 Å². The normalized spacial score (nSPS) is 11.4. The highest BCUT2D eigenvalue weighted by Crippen LogP contribution is 2.11. The van der Waals surface area contributed by atoms with Crippen molar-refractivity contribution in [2.24, 2.45) is 0 Å². The molecule has 0 atom stereocenters. The molecule has 0 aromatic carbocycles. The van der Waals surface area contributed by atoms with Gasteiger partial charge in [-0.05, 0) is 48.5 Å². The number of hydrogen-bond acceptors (Lipinski definition) is 7. The van der Waals surface area contributed by atoms with E-state index in [2.05, 4.69) is 29.7 Å². The van der Waals surface area contributed by atoms with E-state index in [1.165, 1.54) is 0 Å². The smallest absolute Gasteiger partial charge is 0.0794 e. The van der Waals surface area contributed by atoms with E-state index in [4.69, 9.17) is 0 Å². The van der Waals surface area contributed by atoms with Crippen molar-refractivity contribution in [1.82, 2.24) is 29.7 Å². The van der Waals surface area contributed by atoms with Gasteiger partial charge in [-0.15, -0.1) is 0 Å². The highest BCUT2D eigenvalue weighted by Gasteiger charge is 2.18. The van der Waals surface area contributed by atoms with Crippen molar-refractivity contribution in [2.75, 3.05) is 13.1 Å². The fourth-order valence-corrected chi connectivity index (χ4v) is 3.91. The van der Waals surface area contributed by atoms with Gasteiger partial charge in [-0.3, -0.25) is 29.7 Å². The third-order valence-electron chi connectivity index (χ3n) is 5.38. The maximum Gasteiger partial charge on any atom is 0.0794 e. The molecule has 0 aliphatic carbocycles. The Balaban J connectivity index is 1.45. The molecule has 7 heteroatoms. The lowest BCUT2D eigenvalue weighted by molar-refractivity contribution is 0.0615. The zero-order chi connectivity index (χ0) is 23.4. The summed E-state index contributed by atoms with van der Waals surface area (Å²) in [5, 5.41) is 11.1. The topological polar surface area (TPSA) is 78.3 Å². The number of aliphatic hydroxyl groups excluding tert-OH is 1. The fourth-order valence-electron chi connectivity index (χ4n) is 3.91. The first-order valence-electron chi connectivity index (χ1n) is 11.5. The number of pyridine rings is 4. The second-order valence-corrected chi connectivity index (χ2v) is 8.28. The molecule has 0 aliphatic rings. The Morgan fingerprint density at radius 1 is 0.500 bits per heavy atom. The first-order chi connectivity index (χ1) is 16.7. The van der Waals surface area contributed by atoms with Crippen LogP contribution in [-0.2, 0) is 26.2 Å². The lowest BCUT2D eigenvalue weighted by atomic mass is 10.2. The van der Waals surface area contributed by atoms with Crippen LogP contribution in [0.1, 0.15) is 22.8 Å². The van der Waals surface area contributed by atoms with Gasteiger partial charge in [0.2, 0.25) is 0 Å². The van der Waals surface area contributed by atoms with Gasteiger partial charge in [0.15, 0.2) is 0 Å². The predicted molar refractivity (Wildman–Crippen MR) is 131 cm³/mol. The highest BCUT2D eigenvalue weighted by atomic mass is 16.3. The molecule has 7 nitrogen and oxygen atoms in total. The minimum atomic E-state index is -0.570. The molecule has 4 aromatic heterocycles. The van der Waals surface area contributed by atoms with Gasteiger partial charge in [0.1, 0.15) is 0 Å². The maximum atomic E-state index is 11.1. The van der Waals surface area contributed by atoms with Crippen LogP contribution >= 0.6 is 0 Å². The predicted octanol–water partition coefficient (Wildman–Crippen LogP) is 3.33. The van der Waals surface area contributed by atoms with Crippen LogP contribution in [0.4, 0.5) is 0 Å². The molecule has 1 N–H and O–H groups in total. The van der Waals surface area contributed by atoms with Crippen LogP contribution in [0.15, 0.2) is 97.6 Å². The van der Waals surface area contributed by atoms with E-state index in [0.29, 0.717) is 39.3 Å². The third-order valence-corrected chi connectivity index (χ3v) is 5.38. The minimum Gasteiger partial charge on any atom is -0.390 e. The Bertz CT molecular complexity index is 911. The second-order valence-electron chi connectivity index (χ2n) is 8.28. The van der Waals surface area contributed by atoms with Crippen LogP contribution in [-0.4, -0.2) is 54.0 Å². The van der Waals surface area contributed by atoms with Gasteiger partial charge in [0, 0.05) is 64.1 Å². The number of nitrogens with zero attached hydrogens (tertiary/aromatic N) is 6. The van der Waals surface area contributed by atoms with Crippen LogP contribution < -0.4 is 0 Å². The van der Waals surface area contributed by atoms with Gasteiger partial charge >= 0.3 is 0 Å². The minimum absolute atomic E-state index is 0.494. The van der Waals surface area contributed by atoms with Crippen molar-refractivity contribution in [3.05, 3.63) is 120 Å². The number of aliphatic hydroxyl groups is 1. The lowest BCUT2D eigenvalue weighted by Gasteiger charge is -2.29. The molecule has 34 heavy (non-hydrogen) atoms. The second kappa shape index (κ2) is 12.6. The fraction of sp³-hybridized carbons (Fsp3) is 0.259. The molecule has 4 aromatic rings. The Morgan fingerprint density at radius 3 is 1.03 bits per heavy atom. The first-order valence-corrected chi connectivity index (χ1v) is 11.5. The highest BCUT2D eigenvalue weighted by molar-refractivity contribution is 5.08. The van der Waals surface area contributed by atoms with Crippen molar-refractivity contribution >= 4 is 0 Å². The Morgan fingerprint density at radius 2 is 0.794 bits per heavy atom. The zero-order valence-corrected chi connectivity index (χ0v) is 19.2. The summed E-state index contributed by atoms with van der Waals surface area (Å²) in [5.41, 5.74) is 3.85. The number of hydrogen-bond donors (Lipinski definition) is 1. The van der Waals surface area contributed by atoms with Crippen LogP contribution in [0, 0.1) is 0 Å². The quantitative estimate of drug-likeness (QED) is 0.352. The van der Waals surface area contributed by atoms with Crippen molar-refractivity contribution in [1.29, 1.82) is 0 Å². The first kappa shape index (κ1) is 23.6. The molecule has 0 saturated carbocycles. The van der Waals surface area contributed by atoms with E-state index in [9.17, 15) is 5.11 Å². The van der Waals surface area contributed by atoms with E-state index < -0.39 is 6.10 Å². The van der Waals surface area contributed by atoms with E-state index >= 15 is 0 Å². The summed E-state index contributed by atoms with van der Waals surface area (Å²) in [5.74, 6) is 0. The van der Waals surface area contributed by atoms with E-state index in [-0.39, 0.29) is 0 Å². The van der Waals surface area contributed by atoms with Crippen molar-refractivity contribution < 1.29 is 5.11 Å². The third kappa shape index (κ3) is 7.81. The van der Waals surface area contributed by atoms with Gasteiger partial charge in [0.05, 0.1) is 28.9 Å². The summed E-state index contributed by atoms with van der Waals surface area (Å²) in [6.45, 7) is 3.52. The maximum absolute atomic E-state index is 11.1. The molecule has 0 amide bonds. The van der Waals surface area contributed by atoms with Crippen LogP contribution in [0.25, 0.3) is 0 Å². The van der Waals surface area contributed by atoms with Gasteiger partial charge in [-0.2, -0.15) is 0 Å². The van der Waals surface area contributed by atoms with Crippen LogP contribution in [0.5, 0.6) is 0 Å². The monoisotopic (exact) mass is 454 g/mol. The van der Waals surface area contributed by atoms with Crippen molar-refractivity contribution in [2.45, 2.75) is 32.3 Å². The average Bonchev–Trinajstić information content (AvgIpc) is 2.86. The molecule has 4 rings (SSSR count). The number of rotatable bonds is 12. The molecule has 174 valence electrons. The molecule has 4 heterocycles. The van der Waals surface area contributed by atoms with Crippen molar-refractivity contribution in [3.63, 3.8) is 0 Å². The molecule has 0 saturated heterocycles. The molecule has 0 spiro atoms. The summed E-state index contributed by atoms with van der Waals surface area (Å²) in [4.78, 5) is 22.3.